The van der Waals surface area contributed by atoms with E-state index < -0.39 is 0 Å². The van der Waals surface area contributed by atoms with Crippen molar-refractivity contribution >= 4 is 41.3 Å². The lowest BCUT2D eigenvalue weighted by Crippen LogP contribution is -2.32. The summed E-state index contributed by atoms with van der Waals surface area (Å²) in [6, 6.07) is 0. The van der Waals surface area contributed by atoms with Crippen molar-refractivity contribution in [2.75, 3.05) is 6.54 Å². The van der Waals surface area contributed by atoms with Crippen molar-refractivity contribution < 1.29 is 0 Å². The van der Waals surface area contributed by atoms with Crippen LogP contribution in [0.3, 0.4) is 0 Å². The summed E-state index contributed by atoms with van der Waals surface area (Å²) in [6.45, 7) is 8.87. The second kappa shape index (κ2) is 8.40. The molecule has 0 saturated heterocycles. The molecular formula is C10H18IN5S. The van der Waals surface area contributed by atoms with E-state index in [1.165, 1.54) is 0 Å². The summed E-state index contributed by atoms with van der Waals surface area (Å²) in [4.78, 5) is 4.16. The van der Waals surface area contributed by atoms with Gasteiger partial charge in [0, 0.05) is 6.54 Å². The van der Waals surface area contributed by atoms with Gasteiger partial charge in [0.25, 0.3) is 0 Å². The molecule has 5 nitrogen and oxygen atoms in total. The van der Waals surface area contributed by atoms with Crippen LogP contribution in [0.4, 0.5) is 0 Å². The minimum absolute atomic E-state index is 0. The smallest absolute Gasteiger partial charge is 0.189 e. The first-order chi connectivity index (χ1) is 7.61. The Balaban J connectivity index is 0.00000256. The van der Waals surface area contributed by atoms with Gasteiger partial charge in [0.05, 0.1) is 6.54 Å². The van der Waals surface area contributed by atoms with Crippen LogP contribution in [0, 0.1) is 0 Å². The van der Waals surface area contributed by atoms with Crippen LogP contribution in [-0.2, 0) is 13.0 Å². The van der Waals surface area contributed by atoms with E-state index in [1.807, 2.05) is 6.92 Å². The maximum Gasteiger partial charge on any atom is 0.189 e. The van der Waals surface area contributed by atoms with E-state index in [2.05, 4.69) is 34.0 Å². The third kappa shape index (κ3) is 6.57. The molecule has 1 rings (SSSR count). The first-order valence-corrected chi connectivity index (χ1v) is 5.93. The Morgan fingerprint density at radius 2 is 2.12 bits per heavy atom. The Morgan fingerprint density at radius 3 is 2.65 bits per heavy atom. The van der Waals surface area contributed by atoms with E-state index in [9.17, 15) is 0 Å². The number of aliphatic imine (C=N–C) groups is 1. The molecule has 7 heteroatoms. The molecule has 0 spiro atoms. The first kappa shape index (κ1) is 16.3. The third-order valence-corrected chi connectivity index (χ3v) is 2.82. The highest BCUT2D eigenvalue weighted by molar-refractivity contribution is 14.0. The summed E-state index contributed by atoms with van der Waals surface area (Å²) in [5.74, 6) is 0.413. The molecule has 0 atom stereocenters. The lowest BCUT2D eigenvalue weighted by atomic mass is 10.3. The van der Waals surface area contributed by atoms with Gasteiger partial charge in [0.1, 0.15) is 10.0 Å². The highest BCUT2D eigenvalue weighted by Crippen LogP contribution is 2.10. The first-order valence-electron chi connectivity index (χ1n) is 5.11. The molecule has 0 aromatic carbocycles. The van der Waals surface area contributed by atoms with Crippen LogP contribution in [0.15, 0.2) is 17.1 Å². The molecule has 0 aliphatic carbocycles. The molecule has 3 N–H and O–H groups in total. The van der Waals surface area contributed by atoms with E-state index in [-0.39, 0.29) is 24.0 Å². The van der Waals surface area contributed by atoms with Crippen molar-refractivity contribution in [2.45, 2.75) is 26.8 Å². The van der Waals surface area contributed by atoms with Gasteiger partial charge in [-0.25, -0.2) is 4.99 Å². The van der Waals surface area contributed by atoms with E-state index in [0.29, 0.717) is 19.0 Å². The third-order valence-electron chi connectivity index (χ3n) is 1.77. The fourth-order valence-electron chi connectivity index (χ4n) is 0.945. The number of hydrogen-bond acceptors (Lipinski definition) is 4. The zero-order chi connectivity index (χ0) is 12.0. The average molecular weight is 367 g/mol. The van der Waals surface area contributed by atoms with Crippen LogP contribution in [0.2, 0.25) is 0 Å². The number of nitrogens with one attached hydrogen (secondary N) is 1. The monoisotopic (exact) mass is 367 g/mol. The van der Waals surface area contributed by atoms with Crippen LogP contribution in [-0.4, -0.2) is 22.7 Å². The molecule has 1 aromatic rings. The zero-order valence-corrected chi connectivity index (χ0v) is 13.2. The van der Waals surface area contributed by atoms with Gasteiger partial charge in [0.15, 0.2) is 5.96 Å². The Bertz CT molecular complexity index is 388. The quantitative estimate of drug-likeness (QED) is 0.360. The Kier molecular flexibility index (Phi) is 8.05. The highest BCUT2D eigenvalue weighted by atomic mass is 127. The van der Waals surface area contributed by atoms with Gasteiger partial charge >= 0.3 is 0 Å². The fourth-order valence-corrected chi connectivity index (χ4v) is 1.65. The van der Waals surface area contributed by atoms with Crippen LogP contribution in [0.5, 0.6) is 0 Å². The van der Waals surface area contributed by atoms with Gasteiger partial charge in [-0.15, -0.1) is 34.2 Å². The molecule has 0 saturated carbocycles. The molecular weight excluding hydrogens is 349 g/mol. The summed E-state index contributed by atoms with van der Waals surface area (Å²) in [5.41, 5.74) is 6.68. The summed E-state index contributed by atoms with van der Waals surface area (Å²) < 4.78 is 0. The molecule has 0 bridgehead atoms. The van der Waals surface area contributed by atoms with Crippen LogP contribution < -0.4 is 11.1 Å². The summed E-state index contributed by atoms with van der Waals surface area (Å²) in [5, 5.41) is 12.9. The number of aryl methyl sites for hydroxylation is 1. The number of nitrogens with zero attached hydrogens (tertiary/aromatic N) is 3. The maximum absolute atomic E-state index is 5.66. The predicted molar refractivity (Wildman–Crippen MR) is 82.8 cm³/mol. The van der Waals surface area contributed by atoms with Gasteiger partial charge in [-0.3, -0.25) is 0 Å². The number of rotatable bonds is 5. The lowest BCUT2D eigenvalue weighted by Gasteiger charge is -2.03. The van der Waals surface area contributed by atoms with Crippen molar-refractivity contribution in [2.24, 2.45) is 10.7 Å². The second-order valence-corrected chi connectivity index (χ2v) is 4.60. The number of aromatic nitrogens is 2. The minimum atomic E-state index is 0. The van der Waals surface area contributed by atoms with Gasteiger partial charge in [0.2, 0.25) is 0 Å². The molecule has 0 radical (unpaired) electrons. The number of halogens is 1. The molecule has 96 valence electrons. The molecule has 1 heterocycles. The molecule has 0 unspecified atom stereocenters. The molecule has 1 aromatic heterocycles. The van der Waals surface area contributed by atoms with E-state index >= 15 is 0 Å². The Morgan fingerprint density at radius 1 is 1.47 bits per heavy atom. The molecule has 0 fully saturated rings. The maximum atomic E-state index is 5.66. The standard InChI is InChI=1S/C10H17N5S.HI/c1-4-8-14-15-9(16-8)6-13-10(11)12-5-7(2)3;/h2,4-6H2,1,3H3,(H3,11,12,13);1H. The zero-order valence-electron chi connectivity index (χ0n) is 10.1. The van der Waals surface area contributed by atoms with Crippen LogP contribution in [0.25, 0.3) is 0 Å². The van der Waals surface area contributed by atoms with Crippen molar-refractivity contribution in [1.29, 1.82) is 0 Å². The van der Waals surface area contributed by atoms with E-state index in [0.717, 1.165) is 22.0 Å². The molecule has 0 amide bonds. The number of guanidine groups is 1. The van der Waals surface area contributed by atoms with Gasteiger partial charge < -0.3 is 11.1 Å². The fraction of sp³-hybridized carbons (Fsp3) is 0.500. The normalized spacial score (nSPS) is 10.8. The molecule has 0 aliphatic heterocycles. The topological polar surface area (TPSA) is 76.2 Å². The summed E-state index contributed by atoms with van der Waals surface area (Å²) >= 11 is 1.57. The Labute approximate surface area is 123 Å². The number of nitrogens with two attached hydrogens (primary N) is 1. The SMILES string of the molecule is C=C(C)CNC(N)=NCc1nnc(CC)s1.I. The average Bonchev–Trinajstić information content (AvgIpc) is 2.71. The lowest BCUT2D eigenvalue weighted by molar-refractivity contribution is 0.901. The van der Waals surface area contributed by atoms with Gasteiger partial charge in [-0.2, -0.15) is 0 Å². The van der Waals surface area contributed by atoms with E-state index in [4.69, 9.17) is 5.73 Å². The summed E-state index contributed by atoms with van der Waals surface area (Å²) in [7, 11) is 0. The minimum Gasteiger partial charge on any atom is -0.370 e. The van der Waals surface area contributed by atoms with Gasteiger partial charge in [-0.1, -0.05) is 30.4 Å². The van der Waals surface area contributed by atoms with Crippen molar-refractivity contribution in [3.8, 4) is 0 Å². The largest absolute Gasteiger partial charge is 0.370 e. The summed E-state index contributed by atoms with van der Waals surface area (Å²) in [6.07, 6.45) is 0.908. The van der Waals surface area contributed by atoms with Crippen LogP contribution in [0.1, 0.15) is 23.9 Å². The second-order valence-electron chi connectivity index (χ2n) is 3.46. The van der Waals surface area contributed by atoms with Gasteiger partial charge in [-0.05, 0) is 13.3 Å². The predicted octanol–water partition coefficient (Wildman–Crippen LogP) is 1.70. The molecule has 0 aliphatic rings. The van der Waals surface area contributed by atoms with Crippen molar-refractivity contribution in [3.05, 3.63) is 22.2 Å². The van der Waals surface area contributed by atoms with E-state index in [1.54, 1.807) is 11.3 Å². The Hall–Kier alpha value is -0.700. The van der Waals surface area contributed by atoms with Crippen LogP contribution >= 0.6 is 35.3 Å². The number of hydrogen-bond donors (Lipinski definition) is 2. The highest BCUT2D eigenvalue weighted by Gasteiger charge is 2.01. The van der Waals surface area contributed by atoms with Crippen molar-refractivity contribution in [1.82, 2.24) is 15.5 Å². The molecule has 17 heavy (non-hydrogen) atoms. The van der Waals surface area contributed by atoms with Crippen molar-refractivity contribution in [3.63, 3.8) is 0 Å².